The van der Waals surface area contributed by atoms with Gasteiger partial charge in [0.15, 0.2) is 0 Å². The molecule has 0 aliphatic rings. The minimum absolute atomic E-state index is 0.0488. The van der Waals surface area contributed by atoms with Gasteiger partial charge in [0.2, 0.25) is 0 Å². The molecule has 3 nitrogen and oxygen atoms in total. The van der Waals surface area contributed by atoms with Crippen molar-refractivity contribution in [3.8, 4) is 5.75 Å². The molecule has 0 aromatic heterocycles. The van der Waals surface area contributed by atoms with Crippen LogP contribution in [-0.2, 0) is 6.42 Å². The third kappa shape index (κ3) is 2.29. The molecule has 13 heavy (non-hydrogen) atoms. The van der Waals surface area contributed by atoms with Crippen LogP contribution in [0.15, 0.2) is 18.2 Å². The third-order valence-electron chi connectivity index (χ3n) is 1.86. The van der Waals surface area contributed by atoms with Gasteiger partial charge in [-0.1, -0.05) is 6.07 Å². The second-order valence-electron chi connectivity index (χ2n) is 2.66. The number of hydrogen-bond donors (Lipinski definition) is 1. The molecule has 0 bridgehead atoms. The van der Waals surface area contributed by atoms with Crippen LogP contribution in [0.25, 0.3) is 0 Å². The van der Waals surface area contributed by atoms with E-state index in [0.29, 0.717) is 17.7 Å². The van der Waals surface area contributed by atoms with Crippen molar-refractivity contribution >= 4 is 6.29 Å². The fourth-order valence-electron chi connectivity index (χ4n) is 1.16. The summed E-state index contributed by atoms with van der Waals surface area (Å²) < 4.78 is 4.97. The first kappa shape index (κ1) is 9.74. The number of rotatable bonds is 4. The summed E-state index contributed by atoms with van der Waals surface area (Å²) >= 11 is 0. The lowest BCUT2D eigenvalue weighted by atomic mass is 10.1. The second kappa shape index (κ2) is 4.62. The normalized spacial score (nSPS) is 9.69. The van der Waals surface area contributed by atoms with Gasteiger partial charge in [0.25, 0.3) is 0 Å². The van der Waals surface area contributed by atoms with E-state index < -0.39 is 0 Å². The maximum Gasteiger partial charge on any atom is 0.150 e. The largest absolute Gasteiger partial charge is 0.497 e. The van der Waals surface area contributed by atoms with Gasteiger partial charge in [-0.25, -0.2) is 0 Å². The van der Waals surface area contributed by atoms with Crippen molar-refractivity contribution in [2.45, 2.75) is 6.42 Å². The van der Waals surface area contributed by atoms with Crippen molar-refractivity contribution in [3.05, 3.63) is 29.3 Å². The highest BCUT2D eigenvalue weighted by Gasteiger charge is 2.02. The van der Waals surface area contributed by atoms with Gasteiger partial charge in [0, 0.05) is 12.2 Å². The van der Waals surface area contributed by atoms with E-state index in [1.54, 1.807) is 25.3 Å². The Labute approximate surface area is 77.0 Å². The van der Waals surface area contributed by atoms with E-state index >= 15 is 0 Å². The van der Waals surface area contributed by atoms with Crippen molar-refractivity contribution in [2.75, 3.05) is 13.7 Å². The van der Waals surface area contributed by atoms with Crippen LogP contribution in [0.3, 0.4) is 0 Å². The standard InChI is InChI=1S/C10H12O3/c1-13-10-3-2-8(4-5-11)9(6-10)7-12/h2-3,6-7,11H,4-5H2,1H3. The second-order valence-corrected chi connectivity index (χ2v) is 2.66. The number of aldehydes is 1. The molecular formula is C10H12O3. The molecule has 0 fully saturated rings. The monoisotopic (exact) mass is 180 g/mol. The summed E-state index contributed by atoms with van der Waals surface area (Å²) in [5, 5.41) is 8.72. The summed E-state index contributed by atoms with van der Waals surface area (Å²) in [6, 6.07) is 5.23. The van der Waals surface area contributed by atoms with Gasteiger partial charge in [-0.3, -0.25) is 4.79 Å². The van der Waals surface area contributed by atoms with Crippen LogP contribution in [0.5, 0.6) is 5.75 Å². The molecule has 0 atom stereocenters. The number of aliphatic hydroxyl groups excluding tert-OH is 1. The van der Waals surface area contributed by atoms with Gasteiger partial charge >= 0.3 is 0 Å². The minimum Gasteiger partial charge on any atom is -0.497 e. The van der Waals surface area contributed by atoms with Crippen LogP contribution >= 0.6 is 0 Å². The van der Waals surface area contributed by atoms with Gasteiger partial charge < -0.3 is 9.84 Å². The van der Waals surface area contributed by atoms with Crippen LogP contribution in [-0.4, -0.2) is 25.1 Å². The number of benzene rings is 1. The Morgan fingerprint density at radius 3 is 2.85 bits per heavy atom. The van der Waals surface area contributed by atoms with E-state index in [0.717, 1.165) is 11.8 Å². The van der Waals surface area contributed by atoms with Crippen LogP contribution in [0.1, 0.15) is 15.9 Å². The zero-order chi connectivity index (χ0) is 9.68. The first-order chi connectivity index (χ1) is 6.31. The van der Waals surface area contributed by atoms with Gasteiger partial charge in [-0.2, -0.15) is 0 Å². The van der Waals surface area contributed by atoms with E-state index in [1.165, 1.54) is 0 Å². The lowest BCUT2D eigenvalue weighted by Crippen LogP contribution is -1.97. The maximum absolute atomic E-state index is 10.6. The summed E-state index contributed by atoms with van der Waals surface area (Å²) in [5.74, 6) is 0.656. The number of aliphatic hydroxyl groups is 1. The van der Waals surface area contributed by atoms with Gasteiger partial charge in [0.1, 0.15) is 12.0 Å². The molecule has 70 valence electrons. The fourth-order valence-corrected chi connectivity index (χ4v) is 1.16. The Bertz CT molecular complexity index is 294. The Morgan fingerprint density at radius 2 is 2.31 bits per heavy atom. The summed E-state index contributed by atoms with van der Waals surface area (Å²) in [6.45, 7) is 0.0488. The van der Waals surface area contributed by atoms with E-state index in [-0.39, 0.29) is 6.61 Å². The molecule has 1 aromatic rings. The van der Waals surface area contributed by atoms with E-state index in [1.807, 2.05) is 0 Å². The molecule has 0 saturated carbocycles. The maximum atomic E-state index is 10.6. The lowest BCUT2D eigenvalue weighted by Gasteiger charge is -2.05. The molecule has 1 rings (SSSR count). The minimum atomic E-state index is 0.0488. The predicted molar refractivity (Wildman–Crippen MR) is 49.2 cm³/mol. The van der Waals surface area contributed by atoms with Crippen LogP contribution in [0, 0.1) is 0 Å². The molecule has 0 saturated heterocycles. The summed E-state index contributed by atoms with van der Waals surface area (Å²) in [4.78, 5) is 10.6. The van der Waals surface area contributed by atoms with Crippen molar-refractivity contribution < 1.29 is 14.6 Å². The molecule has 0 aliphatic heterocycles. The molecule has 0 unspecified atom stereocenters. The molecular weight excluding hydrogens is 168 g/mol. The molecule has 0 radical (unpaired) electrons. The van der Waals surface area contributed by atoms with Crippen molar-refractivity contribution in [1.82, 2.24) is 0 Å². The lowest BCUT2D eigenvalue weighted by molar-refractivity contribution is 0.112. The van der Waals surface area contributed by atoms with Crippen LogP contribution < -0.4 is 4.74 Å². The van der Waals surface area contributed by atoms with E-state index in [9.17, 15) is 4.79 Å². The van der Waals surface area contributed by atoms with Gasteiger partial charge in [-0.05, 0) is 24.1 Å². The average molecular weight is 180 g/mol. The van der Waals surface area contributed by atoms with E-state index in [4.69, 9.17) is 9.84 Å². The molecule has 3 heteroatoms. The Kier molecular flexibility index (Phi) is 3.46. The summed E-state index contributed by atoms with van der Waals surface area (Å²) in [7, 11) is 1.55. The first-order valence-corrected chi connectivity index (χ1v) is 4.04. The van der Waals surface area contributed by atoms with Crippen molar-refractivity contribution in [2.24, 2.45) is 0 Å². The highest BCUT2D eigenvalue weighted by molar-refractivity contribution is 5.78. The number of carbonyl (C=O) groups is 1. The highest BCUT2D eigenvalue weighted by atomic mass is 16.5. The first-order valence-electron chi connectivity index (χ1n) is 4.04. The number of hydrogen-bond acceptors (Lipinski definition) is 3. The molecule has 0 amide bonds. The average Bonchev–Trinajstić information content (AvgIpc) is 2.19. The highest BCUT2D eigenvalue weighted by Crippen LogP contribution is 2.16. The third-order valence-corrected chi connectivity index (χ3v) is 1.86. The molecule has 1 aromatic carbocycles. The van der Waals surface area contributed by atoms with Crippen molar-refractivity contribution in [3.63, 3.8) is 0 Å². The molecule has 0 spiro atoms. The van der Waals surface area contributed by atoms with E-state index in [2.05, 4.69) is 0 Å². The summed E-state index contributed by atoms with van der Waals surface area (Å²) in [5.41, 5.74) is 1.42. The molecule has 0 heterocycles. The zero-order valence-electron chi connectivity index (χ0n) is 7.49. The molecule has 0 aliphatic carbocycles. The van der Waals surface area contributed by atoms with Gasteiger partial charge in [0.05, 0.1) is 7.11 Å². The number of ether oxygens (including phenoxy) is 1. The zero-order valence-corrected chi connectivity index (χ0v) is 7.49. The Balaban J connectivity index is 3.00. The number of methoxy groups -OCH3 is 1. The van der Waals surface area contributed by atoms with Crippen LogP contribution in [0.2, 0.25) is 0 Å². The van der Waals surface area contributed by atoms with Crippen LogP contribution in [0.4, 0.5) is 0 Å². The van der Waals surface area contributed by atoms with Crippen molar-refractivity contribution in [1.29, 1.82) is 0 Å². The predicted octanol–water partition coefficient (Wildman–Crippen LogP) is 1.04. The number of carbonyl (C=O) groups excluding carboxylic acids is 1. The topological polar surface area (TPSA) is 46.5 Å². The quantitative estimate of drug-likeness (QED) is 0.704. The summed E-state index contributed by atoms with van der Waals surface area (Å²) in [6.07, 6.45) is 1.27. The molecule has 1 N–H and O–H groups in total. The van der Waals surface area contributed by atoms with Gasteiger partial charge in [-0.15, -0.1) is 0 Å². The Hall–Kier alpha value is -1.35. The fraction of sp³-hybridized carbons (Fsp3) is 0.300. The smallest absolute Gasteiger partial charge is 0.150 e. The SMILES string of the molecule is COc1ccc(CCO)c(C=O)c1. The Morgan fingerprint density at radius 1 is 1.54 bits per heavy atom.